The minimum atomic E-state index is 0. The first-order chi connectivity index (χ1) is 13.4. The molecule has 0 fully saturated rings. The van der Waals surface area contributed by atoms with E-state index in [2.05, 4.69) is 70.7 Å². The maximum Gasteiger partial charge on any atom is 0.193 e. The minimum Gasteiger partial charge on any atom is -0.355 e. The van der Waals surface area contributed by atoms with Crippen LogP contribution < -0.4 is 5.32 Å². The Hall–Kier alpha value is -1.13. The van der Waals surface area contributed by atoms with Crippen LogP contribution in [0.5, 0.6) is 0 Å². The molecule has 8 heteroatoms. The molecule has 0 bridgehead atoms. The quantitative estimate of drug-likeness (QED) is 0.352. The number of aromatic nitrogens is 2. The van der Waals surface area contributed by atoms with Gasteiger partial charge in [0.15, 0.2) is 5.96 Å². The number of hydrogen-bond acceptors (Lipinski definition) is 4. The van der Waals surface area contributed by atoms with Crippen molar-refractivity contribution in [3.8, 4) is 0 Å². The first kappa shape index (κ1) is 24.1. The summed E-state index contributed by atoms with van der Waals surface area (Å²) in [7, 11) is 5.94. The summed E-state index contributed by atoms with van der Waals surface area (Å²) in [4.78, 5) is 10.8. The second kappa shape index (κ2) is 10.8. The fraction of sp³-hybridized carbons (Fsp3) is 0.619. The molecule has 1 N–H and O–H groups in total. The summed E-state index contributed by atoms with van der Waals surface area (Å²) in [6.07, 6.45) is 3.29. The van der Waals surface area contributed by atoms with Crippen LogP contribution in [0.4, 0.5) is 0 Å². The lowest BCUT2D eigenvalue weighted by Crippen LogP contribution is -2.47. The minimum absolute atomic E-state index is 0. The molecule has 162 valence electrons. The zero-order valence-corrected chi connectivity index (χ0v) is 21.6. The lowest BCUT2D eigenvalue weighted by Gasteiger charge is -2.33. The van der Waals surface area contributed by atoms with Gasteiger partial charge >= 0.3 is 0 Å². The van der Waals surface area contributed by atoms with Crippen LogP contribution in [0.2, 0.25) is 0 Å². The van der Waals surface area contributed by atoms with Gasteiger partial charge in [-0.25, -0.2) is 0 Å². The van der Waals surface area contributed by atoms with Crippen LogP contribution in [-0.4, -0.2) is 58.8 Å². The molecule has 0 saturated carbocycles. The summed E-state index contributed by atoms with van der Waals surface area (Å²) in [5, 5.41) is 10.4. The molecule has 0 aliphatic carbocycles. The monoisotopic (exact) mass is 530 g/mol. The third-order valence-electron chi connectivity index (χ3n) is 5.48. The van der Waals surface area contributed by atoms with Crippen molar-refractivity contribution in [2.24, 2.45) is 12.0 Å². The van der Waals surface area contributed by atoms with Gasteiger partial charge in [-0.15, -0.1) is 35.3 Å². The maximum atomic E-state index is 4.62. The average molecular weight is 531 g/mol. The van der Waals surface area contributed by atoms with Crippen LogP contribution in [0.25, 0.3) is 0 Å². The summed E-state index contributed by atoms with van der Waals surface area (Å²) < 4.78 is 1.91. The summed E-state index contributed by atoms with van der Waals surface area (Å²) >= 11 is 1.90. The van der Waals surface area contributed by atoms with Crippen molar-refractivity contribution in [3.63, 3.8) is 0 Å². The Kier molecular flexibility index (Phi) is 8.96. The van der Waals surface area contributed by atoms with Gasteiger partial charge in [-0.2, -0.15) is 5.10 Å². The lowest BCUT2D eigenvalue weighted by molar-refractivity contribution is 0.192. The van der Waals surface area contributed by atoms with Gasteiger partial charge in [-0.3, -0.25) is 14.6 Å². The van der Waals surface area contributed by atoms with Gasteiger partial charge in [-0.05, 0) is 36.3 Å². The Morgan fingerprint density at radius 2 is 2.14 bits per heavy atom. The molecule has 0 amide bonds. The van der Waals surface area contributed by atoms with Gasteiger partial charge in [0.1, 0.15) is 0 Å². The van der Waals surface area contributed by atoms with Crippen molar-refractivity contribution in [2.75, 3.05) is 27.2 Å². The van der Waals surface area contributed by atoms with Crippen LogP contribution in [0.3, 0.4) is 0 Å². The number of thiophene rings is 1. The normalized spacial score (nSPS) is 15.8. The van der Waals surface area contributed by atoms with Gasteiger partial charge < -0.3 is 10.2 Å². The van der Waals surface area contributed by atoms with E-state index in [1.807, 2.05) is 30.1 Å². The van der Waals surface area contributed by atoms with E-state index in [1.165, 1.54) is 17.5 Å². The summed E-state index contributed by atoms with van der Waals surface area (Å²) in [6, 6.07) is 2.74. The number of guanidine groups is 1. The lowest BCUT2D eigenvalue weighted by atomic mass is 10.1. The highest BCUT2D eigenvalue weighted by molar-refractivity contribution is 14.0. The first-order valence-corrected chi connectivity index (χ1v) is 11.0. The average Bonchev–Trinajstić information content (AvgIpc) is 3.27. The molecule has 2 aromatic rings. The van der Waals surface area contributed by atoms with Crippen LogP contribution in [0.15, 0.2) is 22.6 Å². The van der Waals surface area contributed by atoms with E-state index in [4.69, 9.17) is 0 Å². The highest BCUT2D eigenvalue weighted by Gasteiger charge is 2.22. The van der Waals surface area contributed by atoms with Crippen molar-refractivity contribution < 1.29 is 0 Å². The van der Waals surface area contributed by atoms with Crippen molar-refractivity contribution in [2.45, 2.75) is 52.2 Å². The molecule has 1 atom stereocenters. The standard InChI is InChI=1S/C21H34N6S.HI/c1-15(2)20-18(13-26(6)24-20)12-25(5)21(22-4)23-11-16(3)27-9-7-19-17(14-27)8-10-28-19;/h8,10,13,15-16H,7,9,11-12,14H2,1-6H3,(H,22,23);1H. The van der Waals surface area contributed by atoms with Gasteiger partial charge in [0, 0.05) is 70.0 Å². The van der Waals surface area contributed by atoms with Crippen LogP contribution >= 0.6 is 35.3 Å². The van der Waals surface area contributed by atoms with Gasteiger partial charge in [-0.1, -0.05) is 13.8 Å². The summed E-state index contributed by atoms with van der Waals surface area (Å²) in [6.45, 7) is 10.6. The van der Waals surface area contributed by atoms with E-state index < -0.39 is 0 Å². The molecular formula is C21H35IN6S. The molecule has 2 aromatic heterocycles. The van der Waals surface area contributed by atoms with Crippen LogP contribution in [-0.2, 0) is 26.6 Å². The van der Waals surface area contributed by atoms with Crippen molar-refractivity contribution >= 4 is 41.3 Å². The Morgan fingerprint density at radius 3 is 2.83 bits per heavy atom. The highest BCUT2D eigenvalue weighted by atomic mass is 127. The number of rotatable bonds is 6. The van der Waals surface area contributed by atoms with Crippen molar-refractivity contribution in [3.05, 3.63) is 39.3 Å². The Labute approximate surface area is 196 Å². The topological polar surface area (TPSA) is 48.7 Å². The van der Waals surface area contributed by atoms with E-state index in [0.717, 1.165) is 37.8 Å². The largest absolute Gasteiger partial charge is 0.355 e. The molecule has 0 aromatic carbocycles. The first-order valence-electron chi connectivity index (χ1n) is 10.1. The van der Waals surface area contributed by atoms with Crippen LogP contribution in [0, 0.1) is 0 Å². The Morgan fingerprint density at radius 1 is 1.38 bits per heavy atom. The van der Waals surface area contributed by atoms with E-state index in [9.17, 15) is 0 Å². The van der Waals surface area contributed by atoms with E-state index in [1.54, 1.807) is 4.88 Å². The van der Waals surface area contributed by atoms with Gasteiger partial charge in [0.05, 0.1) is 5.69 Å². The van der Waals surface area contributed by atoms with E-state index >= 15 is 0 Å². The van der Waals surface area contributed by atoms with Gasteiger partial charge in [0.2, 0.25) is 0 Å². The molecular weight excluding hydrogens is 495 g/mol. The predicted molar refractivity (Wildman–Crippen MR) is 133 cm³/mol. The second-order valence-electron chi connectivity index (χ2n) is 8.09. The summed E-state index contributed by atoms with van der Waals surface area (Å²) in [5.74, 6) is 1.35. The number of hydrogen-bond donors (Lipinski definition) is 1. The Bertz CT molecular complexity index is 812. The molecule has 1 aliphatic heterocycles. The van der Waals surface area contributed by atoms with Crippen molar-refractivity contribution in [1.82, 2.24) is 24.9 Å². The zero-order chi connectivity index (χ0) is 20.3. The maximum absolute atomic E-state index is 4.62. The summed E-state index contributed by atoms with van der Waals surface area (Å²) in [5.41, 5.74) is 3.93. The molecule has 29 heavy (non-hydrogen) atoms. The fourth-order valence-electron chi connectivity index (χ4n) is 3.89. The predicted octanol–water partition coefficient (Wildman–Crippen LogP) is 3.68. The third-order valence-corrected chi connectivity index (χ3v) is 6.50. The highest BCUT2D eigenvalue weighted by Crippen LogP contribution is 2.25. The molecule has 3 rings (SSSR count). The molecule has 3 heterocycles. The van der Waals surface area contributed by atoms with Crippen molar-refractivity contribution in [1.29, 1.82) is 0 Å². The zero-order valence-electron chi connectivity index (χ0n) is 18.5. The SMILES string of the molecule is CN=C(NCC(C)N1CCc2sccc2C1)N(C)Cc1cn(C)nc1C(C)C.I. The number of fused-ring (bicyclic) bond motifs is 1. The molecule has 0 saturated heterocycles. The number of nitrogens with zero attached hydrogens (tertiary/aromatic N) is 5. The van der Waals surface area contributed by atoms with E-state index in [-0.39, 0.29) is 24.0 Å². The Balaban J connectivity index is 0.00000300. The van der Waals surface area contributed by atoms with Crippen LogP contribution in [0.1, 0.15) is 48.4 Å². The second-order valence-corrected chi connectivity index (χ2v) is 9.09. The number of aryl methyl sites for hydroxylation is 1. The van der Waals surface area contributed by atoms with Gasteiger partial charge in [0.25, 0.3) is 0 Å². The molecule has 1 unspecified atom stereocenters. The molecule has 6 nitrogen and oxygen atoms in total. The third kappa shape index (κ3) is 5.95. The number of halogens is 1. The van der Waals surface area contributed by atoms with E-state index in [0.29, 0.717) is 12.0 Å². The fourth-order valence-corrected chi connectivity index (χ4v) is 4.78. The number of nitrogens with one attached hydrogen (secondary N) is 1. The number of aliphatic imine (C=N–C) groups is 1. The molecule has 0 radical (unpaired) electrons. The molecule has 1 aliphatic rings. The smallest absolute Gasteiger partial charge is 0.193 e. The molecule has 0 spiro atoms.